The maximum Gasteiger partial charge on any atom is 0.261 e. The summed E-state index contributed by atoms with van der Waals surface area (Å²) in [4.78, 5) is 13.4. The molecule has 0 radical (unpaired) electrons. The molecule has 162 valence electrons. The van der Waals surface area contributed by atoms with Crippen LogP contribution in [-0.4, -0.2) is 27.2 Å². The summed E-state index contributed by atoms with van der Waals surface area (Å²) in [5.41, 5.74) is 1.83. The van der Waals surface area contributed by atoms with Crippen LogP contribution in [0.3, 0.4) is 0 Å². The zero-order chi connectivity index (χ0) is 22.4. The van der Waals surface area contributed by atoms with E-state index < -0.39 is 10.0 Å². The highest BCUT2D eigenvalue weighted by Gasteiger charge is 2.14. The van der Waals surface area contributed by atoms with Crippen LogP contribution in [0.1, 0.15) is 5.56 Å². The molecule has 0 bridgehead atoms. The fourth-order valence-electron chi connectivity index (χ4n) is 2.70. The monoisotopic (exact) mass is 476 g/mol. The molecule has 0 aliphatic carbocycles. The summed E-state index contributed by atoms with van der Waals surface area (Å²) in [5.74, 6) is 0.475. The van der Waals surface area contributed by atoms with Crippen molar-refractivity contribution in [2.24, 2.45) is 0 Å². The minimum absolute atomic E-state index is 0.180. The molecule has 0 aliphatic heterocycles. The van der Waals surface area contributed by atoms with Crippen molar-refractivity contribution in [3.05, 3.63) is 77.3 Å². The quantitative estimate of drug-likeness (QED) is 0.437. The molecule has 9 heteroatoms. The predicted molar refractivity (Wildman–Crippen MR) is 126 cm³/mol. The first-order valence-electron chi connectivity index (χ1n) is 9.23. The van der Waals surface area contributed by atoms with Crippen molar-refractivity contribution in [3.63, 3.8) is 0 Å². The third-order valence-corrected chi connectivity index (χ3v) is 7.10. The topological polar surface area (TPSA) is 84.5 Å². The van der Waals surface area contributed by atoms with E-state index in [1.165, 1.54) is 31.0 Å². The van der Waals surface area contributed by atoms with Crippen LogP contribution < -0.4 is 14.8 Å². The summed E-state index contributed by atoms with van der Waals surface area (Å²) in [5, 5.41) is 3.39. The first kappa shape index (κ1) is 23.0. The Morgan fingerprint density at radius 2 is 1.74 bits per heavy atom. The second-order valence-electron chi connectivity index (χ2n) is 6.58. The molecule has 3 aromatic rings. The van der Waals surface area contributed by atoms with E-state index in [0.717, 1.165) is 10.5 Å². The summed E-state index contributed by atoms with van der Waals surface area (Å²) in [6.07, 6.45) is 0. The largest absolute Gasteiger partial charge is 0.495 e. The predicted octanol–water partition coefficient (Wildman–Crippen LogP) is 5.19. The standard InChI is InChI=1S/C22H21ClN2O4S2/c1-15-12-20(21(29-2)13-19(15)23)24-22(26)14-30-17-10-8-16(9-11-17)25-31(27,28)18-6-4-3-5-7-18/h3-13,25H,14H2,1-2H3,(H,24,26). The van der Waals surface area contributed by atoms with Gasteiger partial charge in [-0.2, -0.15) is 0 Å². The zero-order valence-corrected chi connectivity index (χ0v) is 19.3. The molecule has 3 rings (SSSR count). The van der Waals surface area contributed by atoms with Gasteiger partial charge in [-0.05, 0) is 55.0 Å². The molecular formula is C22H21ClN2O4S2. The smallest absolute Gasteiger partial charge is 0.261 e. The third-order valence-electron chi connectivity index (χ3n) is 4.28. The van der Waals surface area contributed by atoms with Crippen LogP contribution in [0.4, 0.5) is 11.4 Å². The van der Waals surface area contributed by atoms with Gasteiger partial charge in [-0.25, -0.2) is 8.42 Å². The zero-order valence-electron chi connectivity index (χ0n) is 16.9. The minimum atomic E-state index is -3.64. The summed E-state index contributed by atoms with van der Waals surface area (Å²) in [6.45, 7) is 1.85. The Balaban J connectivity index is 1.58. The van der Waals surface area contributed by atoms with Gasteiger partial charge in [-0.1, -0.05) is 29.8 Å². The highest BCUT2D eigenvalue weighted by molar-refractivity contribution is 8.00. The number of ether oxygens (including phenoxy) is 1. The van der Waals surface area contributed by atoms with E-state index in [4.69, 9.17) is 16.3 Å². The lowest BCUT2D eigenvalue weighted by Gasteiger charge is -2.12. The van der Waals surface area contributed by atoms with E-state index in [9.17, 15) is 13.2 Å². The normalized spacial score (nSPS) is 11.1. The number of thioether (sulfide) groups is 1. The second-order valence-corrected chi connectivity index (χ2v) is 9.72. The molecule has 3 aromatic carbocycles. The molecule has 0 unspecified atom stereocenters. The highest BCUT2D eigenvalue weighted by Crippen LogP contribution is 2.31. The summed E-state index contributed by atoms with van der Waals surface area (Å²) < 4.78 is 32.6. The molecule has 0 heterocycles. The van der Waals surface area contributed by atoms with Crippen molar-refractivity contribution < 1.29 is 17.9 Å². The van der Waals surface area contributed by atoms with Gasteiger partial charge in [0.1, 0.15) is 5.75 Å². The van der Waals surface area contributed by atoms with Gasteiger partial charge >= 0.3 is 0 Å². The van der Waals surface area contributed by atoms with Crippen LogP contribution in [0.25, 0.3) is 0 Å². The molecule has 1 amide bonds. The lowest BCUT2D eigenvalue weighted by Crippen LogP contribution is -2.15. The van der Waals surface area contributed by atoms with Gasteiger partial charge in [0.25, 0.3) is 10.0 Å². The van der Waals surface area contributed by atoms with E-state index in [2.05, 4.69) is 10.0 Å². The second kappa shape index (κ2) is 10.1. The number of anilines is 2. The first-order valence-corrected chi connectivity index (χ1v) is 12.1. The average molecular weight is 477 g/mol. The van der Waals surface area contributed by atoms with Gasteiger partial charge in [-0.15, -0.1) is 11.8 Å². The first-order chi connectivity index (χ1) is 14.8. The molecule has 6 nitrogen and oxygen atoms in total. The van der Waals surface area contributed by atoms with Crippen LogP contribution >= 0.6 is 23.4 Å². The molecule has 2 N–H and O–H groups in total. The molecule has 31 heavy (non-hydrogen) atoms. The van der Waals surface area contributed by atoms with Crippen molar-refractivity contribution in [3.8, 4) is 5.75 Å². The van der Waals surface area contributed by atoms with Gasteiger partial charge in [0.15, 0.2) is 0 Å². The molecule has 0 saturated carbocycles. The number of nitrogens with one attached hydrogen (secondary N) is 2. The summed E-state index contributed by atoms with van der Waals surface area (Å²) in [7, 11) is -2.13. The van der Waals surface area contributed by atoms with Crippen LogP contribution in [-0.2, 0) is 14.8 Å². The number of benzene rings is 3. The van der Waals surface area contributed by atoms with Gasteiger partial charge in [0.05, 0.1) is 23.4 Å². The van der Waals surface area contributed by atoms with Gasteiger partial charge in [0, 0.05) is 21.7 Å². The van der Waals surface area contributed by atoms with E-state index in [0.29, 0.717) is 22.1 Å². The van der Waals surface area contributed by atoms with Crippen molar-refractivity contribution in [2.75, 3.05) is 22.9 Å². The van der Waals surface area contributed by atoms with E-state index >= 15 is 0 Å². The van der Waals surface area contributed by atoms with E-state index in [1.807, 2.05) is 6.92 Å². The number of hydrogen-bond acceptors (Lipinski definition) is 5. The number of carbonyl (C=O) groups is 1. The maximum absolute atomic E-state index is 12.4. The molecule has 0 atom stereocenters. The van der Waals surface area contributed by atoms with E-state index in [1.54, 1.807) is 54.6 Å². The lowest BCUT2D eigenvalue weighted by atomic mass is 10.2. The van der Waals surface area contributed by atoms with Crippen molar-refractivity contribution >= 4 is 50.7 Å². The number of sulfonamides is 1. The van der Waals surface area contributed by atoms with Gasteiger partial charge in [-0.3, -0.25) is 9.52 Å². The van der Waals surface area contributed by atoms with Crippen molar-refractivity contribution in [1.29, 1.82) is 0 Å². The molecule has 0 fully saturated rings. The summed E-state index contributed by atoms with van der Waals surface area (Å²) in [6, 6.07) is 18.4. The lowest BCUT2D eigenvalue weighted by molar-refractivity contribution is -0.113. The van der Waals surface area contributed by atoms with Crippen LogP contribution in [0.2, 0.25) is 5.02 Å². The number of aryl methyl sites for hydroxylation is 1. The highest BCUT2D eigenvalue weighted by atomic mass is 35.5. The third kappa shape index (κ3) is 6.16. The van der Waals surface area contributed by atoms with E-state index in [-0.39, 0.29) is 16.6 Å². The fourth-order valence-corrected chi connectivity index (χ4v) is 4.63. The molecule has 0 aromatic heterocycles. The summed E-state index contributed by atoms with van der Waals surface area (Å²) >= 11 is 7.43. The Morgan fingerprint density at radius 3 is 2.39 bits per heavy atom. The van der Waals surface area contributed by atoms with Gasteiger partial charge in [0.2, 0.25) is 5.91 Å². The fraction of sp³-hybridized carbons (Fsp3) is 0.136. The molecule has 0 saturated heterocycles. The number of hydrogen-bond donors (Lipinski definition) is 2. The Labute approximate surface area is 191 Å². The number of carbonyl (C=O) groups excluding carboxylic acids is 1. The Bertz CT molecular complexity index is 1170. The maximum atomic E-state index is 12.4. The van der Waals surface area contributed by atoms with Crippen molar-refractivity contribution in [1.82, 2.24) is 0 Å². The Morgan fingerprint density at radius 1 is 1.06 bits per heavy atom. The van der Waals surface area contributed by atoms with Gasteiger partial charge < -0.3 is 10.1 Å². The van der Waals surface area contributed by atoms with Crippen molar-refractivity contribution in [2.45, 2.75) is 16.7 Å². The number of rotatable bonds is 8. The number of halogens is 1. The van der Waals surface area contributed by atoms with Crippen LogP contribution in [0.5, 0.6) is 5.75 Å². The minimum Gasteiger partial charge on any atom is -0.495 e. The van der Waals surface area contributed by atoms with Crippen LogP contribution in [0, 0.1) is 6.92 Å². The molecular weight excluding hydrogens is 456 g/mol. The average Bonchev–Trinajstić information content (AvgIpc) is 2.76. The Hall–Kier alpha value is -2.68. The Kier molecular flexibility index (Phi) is 7.48. The molecule has 0 spiro atoms. The number of methoxy groups -OCH3 is 1. The molecule has 0 aliphatic rings. The number of amides is 1. The SMILES string of the molecule is COc1cc(Cl)c(C)cc1NC(=O)CSc1ccc(NS(=O)(=O)c2ccccc2)cc1. The van der Waals surface area contributed by atoms with Crippen LogP contribution in [0.15, 0.2) is 76.5 Å².